The van der Waals surface area contributed by atoms with Gasteiger partial charge in [0.1, 0.15) is 12.6 Å². The molecule has 108 valence electrons. The van der Waals surface area contributed by atoms with Gasteiger partial charge in [-0.3, -0.25) is 19.7 Å². The summed E-state index contributed by atoms with van der Waals surface area (Å²) < 4.78 is 1.58. The van der Waals surface area contributed by atoms with Gasteiger partial charge in [-0.05, 0) is 18.6 Å². The van der Waals surface area contributed by atoms with Crippen LogP contribution in [0.5, 0.6) is 0 Å². The summed E-state index contributed by atoms with van der Waals surface area (Å²) in [7, 11) is 0. The molecule has 3 rings (SSSR count). The van der Waals surface area contributed by atoms with Crippen LogP contribution in [0.15, 0.2) is 30.6 Å². The molecule has 1 fully saturated rings. The number of imide groups is 1. The molecule has 7 nitrogen and oxygen atoms in total. The lowest BCUT2D eigenvalue weighted by molar-refractivity contribution is -0.138. The van der Waals surface area contributed by atoms with Crippen molar-refractivity contribution >= 4 is 23.2 Å². The van der Waals surface area contributed by atoms with Gasteiger partial charge in [-0.2, -0.15) is 5.10 Å². The average Bonchev–Trinajstić information content (AvgIpc) is 2.89. The maximum Gasteiger partial charge on any atom is 0.258 e. The number of hydrogen-bond acceptors (Lipinski definition) is 4. The molecule has 1 aliphatic rings. The van der Waals surface area contributed by atoms with Crippen molar-refractivity contribution in [1.82, 2.24) is 19.8 Å². The first-order valence-electron chi connectivity index (χ1n) is 6.69. The van der Waals surface area contributed by atoms with Gasteiger partial charge in [-0.25, -0.2) is 4.52 Å². The van der Waals surface area contributed by atoms with Gasteiger partial charge in [-0.1, -0.05) is 13.0 Å². The fourth-order valence-corrected chi connectivity index (χ4v) is 2.54. The summed E-state index contributed by atoms with van der Waals surface area (Å²) in [6, 6.07) is 4.75. The summed E-state index contributed by atoms with van der Waals surface area (Å²) in [4.78, 5) is 37.4. The van der Waals surface area contributed by atoms with Crippen molar-refractivity contribution in [2.45, 2.75) is 19.4 Å². The predicted molar refractivity (Wildman–Crippen MR) is 73.5 cm³/mol. The number of nitrogens with zero attached hydrogens (tertiary/aromatic N) is 3. The van der Waals surface area contributed by atoms with Crippen LogP contribution in [0.4, 0.5) is 0 Å². The Morgan fingerprint density at radius 1 is 1.43 bits per heavy atom. The van der Waals surface area contributed by atoms with Crippen LogP contribution in [0.3, 0.4) is 0 Å². The maximum atomic E-state index is 12.7. The van der Waals surface area contributed by atoms with Gasteiger partial charge in [-0.15, -0.1) is 0 Å². The SMILES string of the molecule is CCC1C(=O)NC(=O)CN1C(=O)c1cnn2ccccc12. The molecule has 2 aromatic heterocycles. The molecule has 1 N–H and O–H groups in total. The van der Waals surface area contributed by atoms with Crippen LogP contribution in [0.1, 0.15) is 23.7 Å². The quantitative estimate of drug-likeness (QED) is 0.800. The number of piperazine rings is 1. The second-order valence-electron chi connectivity index (χ2n) is 4.86. The second-order valence-corrected chi connectivity index (χ2v) is 4.86. The Bertz CT molecular complexity index is 737. The highest BCUT2D eigenvalue weighted by atomic mass is 16.2. The molecule has 0 bridgehead atoms. The van der Waals surface area contributed by atoms with Crippen molar-refractivity contribution in [2.24, 2.45) is 0 Å². The van der Waals surface area contributed by atoms with E-state index in [1.165, 1.54) is 11.1 Å². The molecule has 1 aliphatic heterocycles. The van der Waals surface area contributed by atoms with E-state index in [0.29, 0.717) is 17.5 Å². The van der Waals surface area contributed by atoms with Crippen LogP contribution in [-0.2, 0) is 9.59 Å². The molecule has 3 heterocycles. The standard InChI is InChI=1S/C14H14N4O3/c1-2-10-13(20)16-12(19)8-17(10)14(21)9-7-15-18-6-4-3-5-11(9)18/h3-7,10H,2,8H2,1H3,(H,16,19,20). The van der Waals surface area contributed by atoms with Gasteiger partial charge < -0.3 is 4.90 Å². The molecule has 0 saturated carbocycles. The number of nitrogens with one attached hydrogen (secondary N) is 1. The highest BCUT2D eigenvalue weighted by Crippen LogP contribution is 2.17. The van der Waals surface area contributed by atoms with Crippen molar-refractivity contribution in [3.05, 3.63) is 36.2 Å². The van der Waals surface area contributed by atoms with Gasteiger partial charge in [0.2, 0.25) is 11.8 Å². The molecule has 0 radical (unpaired) electrons. The van der Waals surface area contributed by atoms with Crippen molar-refractivity contribution in [3.63, 3.8) is 0 Å². The molecule has 1 unspecified atom stereocenters. The topological polar surface area (TPSA) is 83.8 Å². The first kappa shape index (κ1) is 13.3. The monoisotopic (exact) mass is 286 g/mol. The summed E-state index contributed by atoms with van der Waals surface area (Å²) in [5, 5.41) is 6.36. The minimum atomic E-state index is -0.631. The minimum absolute atomic E-state index is 0.118. The fourth-order valence-electron chi connectivity index (χ4n) is 2.54. The van der Waals surface area contributed by atoms with E-state index < -0.39 is 17.9 Å². The lowest BCUT2D eigenvalue weighted by atomic mass is 10.1. The van der Waals surface area contributed by atoms with Gasteiger partial charge in [0.25, 0.3) is 5.91 Å². The summed E-state index contributed by atoms with van der Waals surface area (Å²) in [6.07, 6.45) is 3.64. The third-order valence-corrected chi connectivity index (χ3v) is 3.56. The van der Waals surface area contributed by atoms with Crippen LogP contribution in [0.2, 0.25) is 0 Å². The van der Waals surface area contributed by atoms with E-state index in [-0.39, 0.29) is 12.5 Å². The Morgan fingerprint density at radius 2 is 2.24 bits per heavy atom. The van der Waals surface area contributed by atoms with Crippen LogP contribution >= 0.6 is 0 Å². The Hall–Kier alpha value is -2.70. The predicted octanol–water partition coefficient (Wildman–Crippen LogP) is 0.211. The van der Waals surface area contributed by atoms with Crippen molar-refractivity contribution < 1.29 is 14.4 Å². The normalized spacial score (nSPS) is 18.9. The Balaban J connectivity index is 2.00. The third kappa shape index (κ3) is 2.16. The first-order valence-corrected chi connectivity index (χ1v) is 6.69. The summed E-state index contributed by atoms with van der Waals surface area (Å²) >= 11 is 0. The number of aromatic nitrogens is 2. The Kier molecular flexibility index (Phi) is 3.17. The zero-order valence-corrected chi connectivity index (χ0v) is 11.4. The minimum Gasteiger partial charge on any atom is -0.317 e. The van der Waals surface area contributed by atoms with Gasteiger partial charge in [0, 0.05) is 6.20 Å². The van der Waals surface area contributed by atoms with Crippen molar-refractivity contribution in [2.75, 3.05) is 6.54 Å². The smallest absolute Gasteiger partial charge is 0.258 e. The van der Waals surface area contributed by atoms with E-state index in [9.17, 15) is 14.4 Å². The highest BCUT2D eigenvalue weighted by Gasteiger charge is 2.36. The largest absolute Gasteiger partial charge is 0.317 e. The van der Waals surface area contributed by atoms with Crippen LogP contribution in [0, 0.1) is 0 Å². The summed E-state index contributed by atoms with van der Waals surface area (Å²) in [6.45, 7) is 1.68. The zero-order valence-electron chi connectivity index (χ0n) is 11.4. The number of amides is 3. The van der Waals surface area contributed by atoms with Crippen LogP contribution < -0.4 is 5.32 Å². The molecular formula is C14H14N4O3. The number of carbonyl (C=O) groups excluding carboxylic acids is 3. The lowest BCUT2D eigenvalue weighted by Gasteiger charge is -2.33. The lowest BCUT2D eigenvalue weighted by Crippen LogP contribution is -2.59. The van der Waals surface area contributed by atoms with Crippen LogP contribution in [-0.4, -0.2) is 44.8 Å². The van der Waals surface area contributed by atoms with Gasteiger partial charge >= 0.3 is 0 Å². The van der Waals surface area contributed by atoms with Gasteiger partial charge in [0.05, 0.1) is 17.3 Å². The summed E-state index contributed by atoms with van der Waals surface area (Å²) in [5.41, 5.74) is 1.03. The van der Waals surface area contributed by atoms with Crippen molar-refractivity contribution in [3.8, 4) is 0 Å². The average molecular weight is 286 g/mol. The fraction of sp³-hybridized carbons (Fsp3) is 0.286. The molecule has 2 aromatic rings. The van der Waals surface area contributed by atoms with Crippen LogP contribution in [0.25, 0.3) is 5.52 Å². The highest BCUT2D eigenvalue weighted by molar-refractivity contribution is 6.09. The first-order chi connectivity index (χ1) is 10.1. The van der Waals surface area contributed by atoms with E-state index in [1.54, 1.807) is 35.8 Å². The zero-order chi connectivity index (χ0) is 15.0. The van der Waals surface area contributed by atoms with E-state index in [0.717, 1.165) is 0 Å². The number of fused-ring (bicyclic) bond motifs is 1. The molecule has 1 saturated heterocycles. The number of rotatable bonds is 2. The van der Waals surface area contributed by atoms with E-state index >= 15 is 0 Å². The molecule has 0 spiro atoms. The maximum absolute atomic E-state index is 12.7. The Labute approximate surface area is 120 Å². The second kappa shape index (κ2) is 5.01. The Morgan fingerprint density at radius 3 is 3.00 bits per heavy atom. The molecule has 0 aliphatic carbocycles. The molecular weight excluding hydrogens is 272 g/mol. The van der Waals surface area contributed by atoms with E-state index in [4.69, 9.17) is 0 Å². The number of hydrogen-bond donors (Lipinski definition) is 1. The van der Waals surface area contributed by atoms with E-state index in [1.807, 2.05) is 0 Å². The van der Waals surface area contributed by atoms with Crippen molar-refractivity contribution in [1.29, 1.82) is 0 Å². The number of pyridine rings is 1. The number of carbonyl (C=O) groups is 3. The molecule has 0 aromatic carbocycles. The molecule has 3 amide bonds. The third-order valence-electron chi connectivity index (χ3n) is 3.56. The molecule has 1 atom stereocenters. The van der Waals surface area contributed by atoms with E-state index in [2.05, 4.69) is 10.4 Å². The summed E-state index contributed by atoms with van der Waals surface area (Å²) in [5.74, 6) is -1.25. The van der Waals surface area contributed by atoms with Gasteiger partial charge in [0.15, 0.2) is 0 Å². The molecule has 21 heavy (non-hydrogen) atoms. The molecule has 7 heteroatoms.